The predicted octanol–water partition coefficient (Wildman–Crippen LogP) is -0.435. The maximum Gasteiger partial charge on any atom is 0.255 e. The normalized spacial score (nSPS) is 23.9. The predicted molar refractivity (Wildman–Crippen MR) is 166 cm³/mol. The standard InChI is InChI=1S/C31H47N7O7/c1-19(2)27-31(44)34-20(3)18-45-24-11-5-4-10-21(24)28(41)36-23(17-26(40)35-22(16-25(32)39)30(43)37-27)29(42)33-12-6-7-13-38-14-8-9-15-38/h4-5,10-11,19-20,22-23,27H,6-9,12-18H2,1-3H3,(H2,32,39)(H,33,42)(H,34,44)(H,35,40)(H,36,41)(H,37,43)/t20-,22-,23-,27+/m0/s1. The number of amides is 6. The smallest absolute Gasteiger partial charge is 0.255 e. The first-order valence-corrected chi connectivity index (χ1v) is 15.7. The molecule has 3 rings (SSSR count). The molecule has 0 unspecified atom stereocenters. The summed E-state index contributed by atoms with van der Waals surface area (Å²) in [4.78, 5) is 80.4. The van der Waals surface area contributed by atoms with E-state index in [0.717, 1.165) is 26.1 Å². The number of rotatable bonds is 9. The highest BCUT2D eigenvalue weighted by atomic mass is 16.5. The molecule has 4 atom stereocenters. The number of para-hydroxylation sites is 1. The number of carbonyl (C=O) groups is 6. The van der Waals surface area contributed by atoms with Gasteiger partial charge in [0.25, 0.3) is 5.91 Å². The maximum atomic E-state index is 13.4. The van der Waals surface area contributed by atoms with E-state index in [2.05, 4.69) is 31.5 Å². The molecule has 6 amide bonds. The summed E-state index contributed by atoms with van der Waals surface area (Å²) < 4.78 is 5.87. The molecule has 1 aromatic rings. The van der Waals surface area contributed by atoms with Gasteiger partial charge in [0.1, 0.15) is 30.5 Å². The molecule has 2 aliphatic heterocycles. The molecule has 0 saturated carbocycles. The first-order valence-electron chi connectivity index (χ1n) is 15.7. The first-order chi connectivity index (χ1) is 21.4. The van der Waals surface area contributed by atoms with Crippen LogP contribution in [0, 0.1) is 5.92 Å². The summed E-state index contributed by atoms with van der Waals surface area (Å²) in [6.07, 6.45) is 2.93. The van der Waals surface area contributed by atoms with Crippen molar-refractivity contribution in [3.05, 3.63) is 29.8 Å². The molecule has 0 spiro atoms. The van der Waals surface area contributed by atoms with Crippen LogP contribution in [-0.2, 0) is 24.0 Å². The van der Waals surface area contributed by atoms with Crippen molar-refractivity contribution in [3.8, 4) is 5.75 Å². The molecule has 14 nitrogen and oxygen atoms in total. The van der Waals surface area contributed by atoms with Gasteiger partial charge >= 0.3 is 0 Å². The van der Waals surface area contributed by atoms with Gasteiger partial charge in [-0.15, -0.1) is 0 Å². The maximum absolute atomic E-state index is 13.4. The number of unbranched alkanes of at least 4 members (excludes halogenated alkanes) is 1. The van der Waals surface area contributed by atoms with E-state index in [-0.39, 0.29) is 23.8 Å². The minimum Gasteiger partial charge on any atom is -0.491 e. The Bertz CT molecular complexity index is 1220. The molecule has 0 aromatic heterocycles. The van der Waals surface area contributed by atoms with Crippen LogP contribution in [0.1, 0.15) is 69.7 Å². The molecular weight excluding hydrogens is 582 g/mol. The number of carbonyl (C=O) groups excluding carboxylic acids is 6. The number of likely N-dealkylation sites (tertiary alicyclic amines) is 1. The number of primary amides is 1. The topological polar surface area (TPSA) is 201 Å². The van der Waals surface area contributed by atoms with Gasteiger partial charge in [-0.1, -0.05) is 26.0 Å². The molecule has 2 aliphatic rings. The van der Waals surface area contributed by atoms with E-state index in [1.54, 1.807) is 39.0 Å². The van der Waals surface area contributed by atoms with Gasteiger partial charge in [0, 0.05) is 6.54 Å². The number of benzene rings is 1. The molecular formula is C31H47N7O7. The van der Waals surface area contributed by atoms with Crippen LogP contribution in [0.15, 0.2) is 24.3 Å². The molecule has 0 aliphatic carbocycles. The zero-order chi connectivity index (χ0) is 32.9. The second-order valence-corrected chi connectivity index (χ2v) is 12.0. The van der Waals surface area contributed by atoms with E-state index in [1.807, 2.05) is 0 Å². The van der Waals surface area contributed by atoms with Gasteiger partial charge in [-0.05, 0) is 70.3 Å². The largest absolute Gasteiger partial charge is 0.491 e. The summed E-state index contributed by atoms with van der Waals surface area (Å²) in [5.74, 6) is -4.27. The summed E-state index contributed by atoms with van der Waals surface area (Å²) >= 11 is 0. The van der Waals surface area contributed by atoms with Crippen LogP contribution >= 0.6 is 0 Å². The van der Waals surface area contributed by atoms with Gasteiger partial charge in [-0.2, -0.15) is 0 Å². The second-order valence-electron chi connectivity index (χ2n) is 12.0. The summed E-state index contributed by atoms with van der Waals surface area (Å²) in [6, 6.07) is 2.20. The van der Waals surface area contributed by atoms with Gasteiger partial charge in [0.15, 0.2) is 0 Å². The Morgan fingerprint density at radius 3 is 2.40 bits per heavy atom. The lowest BCUT2D eigenvalue weighted by molar-refractivity contribution is -0.135. The Balaban J connectivity index is 1.83. The molecule has 0 bridgehead atoms. The van der Waals surface area contributed by atoms with Crippen molar-refractivity contribution in [1.82, 2.24) is 31.5 Å². The Labute approximate surface area is 263 Å². The Morgan fingerprint density at radius 2 is 1.71 bits per heavy atom. The van der Waals surface area contributed by atoms with Gasteiger partial charge in [0.05, 0.1) is 24.4 Å². The van der Waals surface area contributed by atoms with Gasteiger partial charge in [0.2, 0.25) is 29.5 Å². The molecule has 248 valence electrons. The van der Waals surface area contributed by atoms with Crippen molar-refractivity contribution in [2.24, 2.45) is 11.7 Å². The van der Waals surface area contributed by atoms with Crippen molar-refractivity contribution < 1.29 is 33.5 Å². The van der Waals surface area contributed by atoms with Crippen molar-refractivity contribution >= 4 is 35.4 Å². The molecule has 1 aromatic carbocycles. The minimum absolute atomic E-state index is 0.000476. The summed E-state index contributed by atoms with van der Waals surface area (Å²) in [7, 11) is 0. The average Bonchev–Trinajstić information content (AvgIpc) is 3.50. The highest BCUT2D eigenvalue weighted by Crippen LogP contribution is 2.19. The number of hydrogen-bond donors (Lipinski definition) is 6. The van der Waals surface area contributed by atoms with Crippen molar-refractivity contribution in [2.75, 3.05) is 32.8 Å². The average molecular weight is 630 g/mol. The Kier molecular flexibility index (Phi) is 13.6. The molecule has 1 saturated heterocycles. The molecule has 7 N–H and O–H groups in total. The van der Waals surface area contributed by atoms with Crippen molar-refractivity contribution in [1.29, 1.82) is 0 Å². The summed E-state index contributed by atoms with van der Waals surface area (Å²) in [5.41, 5.74) is 5.49. The second kappa shape index (κ2) is 17.3. The number of fused-ring (bicyclic) bond motifs is 1. The van der Waals surface area contributed by atoms with Crippen LogP contribution in [-0.4, -0.2) is 97.3 Å². The molecule has 2 heterocycles. The molecule has 45 heavy (non-hydrogen) atoms. The van der Waals surface area contributed by atoms with Crippen LogP contribution in [0.3, 0.4) is 0 Å². The van der Waals surface area contributed by atoms with Gasteiger partial charge in [-0.25, -0.2) is 0 Å². The number of nitrogens with one attached hydrogen (secondary N) is 5. The third-order valence-corrected chi connectivity index (χ3v) is 7.72. The monoisotopic (exact) mass is 629 g/mol. The van der Waals surface area contributed by atoms with E-state index in [0.29, 0.717) is 13.0 Å². The first kappa shape index (κ1) is 35.3. The van der Waals surface area contributed by atoms with E-state index in [4.69, 9.17) is 10.5 Å². The van der Waals surface area contributed by atoms with Crippen LogP contribution in [0.2, 0.25) is 0 Å². The lowest BCUT2D eigenvalue weighted by Crippen LogP contribution is -2.58. The molecule has 14 heteroatoms. The van der Waals surface area contributed by atoms with Crippen molar-refractivity contribution in [2.45, 2.75) is 83.5 Å². The fraction of sp³-hybridized carbons (Fsp3) is 0.613. The summed E-state index contributed by atoms with van der Waals surface area (Å²) in [6.45, 7) is 8.63. The van der Waals surface area contributed by atoms with Crippen molar-refractivity contribution in [3.63, 3.8) is 0 Å². The SMILES string of the molecule is CC(C)[C@H]1NC(=O)[C@H](CC(N)=O)NC(=O)C[C@@H](C(=O)NCCCCN2CCCC2)NC(=O)c2ccccc2OC[C@H](C)NC1=O. The van der Waals surface area contributed by atoms with Crippen LogP contribution < -0.4 is 37.1 Å². The molecule has 1 fully saturated rings. The zero-order valence-corrected chi connectivity index (χ0v) is 26.4. The van der Waals surface area contributed by atoms with Crippen LogP contribution in [0.5, 0.6) is 5.75 Å². The number of ether oxygens (including phenoxy) is 1. The van der Waals surface area contributed by atoms with E-state index in [9.17, 15) is 28.8 Å². The number of hydrogen-bond acceptors (Lipinski definition) is 8. The number of nitrogens with zero attached hydrogens (tertiary/aromatic N) is 1. The lowest BCUT2D eigenvalue weighted by atomic mass is 10.0. The van der Waals surface area contributed by atoms with Crippen LogP contribution in [0.4, 0.5) is 0 Å². The Morgan fingerprint density at radius 1 is 1.00 bits per heavy atom. The van der Waals surface area contributed by atoms with Gasteiger partial charge < -0.3 is 42.0 Å². The quantitative estimate of drug-likeness (QED) is 0.198. The highest BCUT2D eigenvalue weighted by molar-refractivity contribution is 6.01. The van der Waals surface area contributed by atoms with E-state index < -0.39 is 72.5 Å². The fourth-order valence-electron chi connectivity index (χ4n) is 5.25. The molecule has 0 radical (unpaired) electrons. The third kappa shape index (κ3) is 11.3. The number of nitrogens with two attached hydrogens (primary N) is 1. The van der Waals surface area contributed by atoms with E-state index >= 15 is 0 Å². The van der Waals surface area contributed by atoms with Gasteiger partial charge in [-0.3, -0.25) is 28.8 Å². The minimum atomic E-state index is -1.41. The zero-order valence-electron chi connectivity index (χ0n) is 26.4. The van der Waals surface area contributed by atoms with E-state index in [1.165, 1.54) is 18.9 Å². The summed E-state index contributed by atoms with van der Waals surface area (Å²) in [5, 5.41) is 13.3. The fourth-order valence-corrected chi connectivity index (χ4v) is 5.25. The third-order valence-electron chi connectivity index (χ3n) is 7.72. The van der Waals surface area contributed by atoms with Crippen LogP contribution in [0.25, 0.3) is 0 Å². The lowest BCUT2D eigenvalue weighted by Gasteiger charge is -2.26. The Hall–Kier alpha value is -4.20. The highest BCUT2D eigenvalue weighted by Gasteiger charge is 2.32.